The highest BCUT2D eigenvalue weighted by Crippen LogP contribution is 2.29. The van der Waals surface area contributed by atoms with Gasteiger partial charge >= 0.3 is 0 Å². The van der Waals surface area contributed by atoms with Crippen molar-refractivity contribution in [1.82, 2.24) is 9.97 Å². The zero-order valence-corrected chi connectivity index (χ0v) is 12.9. The maximum absolute atomic E-state index is 12.1. The molecule has 0 aliphatic carbocycles. The van der Waals surface area contributed by atoms with Crippen LogP contribution in [0.1, 0.15) is 30.2 Å². The van der Waals surface area contributed by atoms with Crippen molar-refractivity contribution in [1.29, 1.82) is 0 Å². The highest BCUT2D eigenvalue weighted by molar-refractivity contribution is 5.65. The number of hydrogen-bond donors (Lipinski definition) is 1. The van der Waals surface area contributed by atoms with E-state index in [1.54, 1.807) is 0 Å². The van der Waals surface area contributed by atoms with Crippen molar-refractivity contribution in [3.63, 3.8) is 0 Å². The number of fused-ring (bicyclic) bond motifs is 1. The largest absolute Gasteiger partial charge is 0.374 e. The molecule has 0 spiro atoms. The van der Waals surface area contributed by atoms with Crippen molar-refractivity contribution >= 4 is 5.69 Å². The molecule has 0 saturated carbocycles. The third kappa shape index (κ3) is 2.46. The number of rotatable bonds is 2. The molecular formula is C17H21N3O. The van der Waals surface area contributed by atoms with Gasteiger partial charge in [0.2, 0.25) is 0 Å². The number of aromatic amines is 1. The number of benzene rings is 1. The predicted octanol–water partition coefficient (Wildman–Crippen LogP) is 2.69. The number of anilines is 1. The molecule has 0 atom stereocenters. The third-order valence-electron chi connectivity index (χ3n) is 4.28. The van der Waals surface area contributed by atoms with Crippen LogP contribution in [0, 0.1) is 6.92 Å². The van der Waals surface area contributed by atoms with Gasteiger partial charge in [-0.3, -0.25) is 4.79 Å². The number of aryl methyl sites for hydroxylation is 2. The summed E-state index contributed by atoms with van der Waals surface area (Å²) in [6.07, 6.45) is 2.97. The maximum atomic E-state index is 12.1. The van der Waals surface area contributed by atoms with Gasteiger partial charge in [0.15, 0.2) is 0 Å². The Morgan fingerprint density at radius 2 is 2.19 bits per heavy atom. The van der Waals surface area contributed by atoms with E-state index in [-0.39, 0.29) is 5.56 Å². The molecule has 0 saturated heterocycles. The lowest BCUT2D eigenvalue weighted by Crippen LogP contribution is -2.24. The SMILES string of the molecule is CCc1c(C)nc(-c2ccc3c(c2)CCCN3C)[nH]c1=O. The fourth-order valence-electron chi connectivity index (χ4n) is 3.10. The summed E-state index contributed by atoms with van der Waals surface area (Å²) >= 11 is 0. The number of nitrogens with zero attached hydrogens (tertiary/aromatic N) is 2. The van der Waals surface area contributed by atoms with Crippen molar-refractivity contribution < 1.29 is 0 Å². The normalized spacial score (nSPS) is 14.1. The van der Waals surface area contributed by atoms with E-state index in [0.29, 0.717) is 12.2 Å². The standard InChI is InChI=1S/C17H21N3O/c1-4-14-11(2)18-16(19-17(14)21)13-7-8-15-12(10-13)6-5-9-20(15)3/h7-8,10H,4-6,9H2,1-3H3,(H,18,19,21). The van der Waals surface area contributed by atoms with Gasteiger partial charge < -0.3 is 9.88 Å². The van der Waals surface area contributed by atoms with Crippen LogP contribution >= 0.6 is 0 Å². The summed E-state index contributed by atoms with van der Waals surface area (Å²) in [7, 11) is 2.12. The molecule has 0 unspecified atom stereocenters. The van der Waals surface area contributed by atoms with Crippen molar-refractivity contribution in [2.75, 3.05) is 18.5 Å². The predicted molar refractivity (Wildman–Crippen MR) is 86.0 cm³/mol. The van der Waals surface area contributed by atoms with Gasteiger partial charge in [0.05, 0.1) is 0 Å². The zero-order valence-electron chi connectivity index (χ0n) is 12.9. The molecule has 0 amide bonds. The van der Waals surface area contributed by atoms with Crippen LogP contribution in [0.3, 0.4) is 0 Å². The second-order valence-electron chi connectivity index (χ2n) is 5.70. The lowest BCUT2D eigenvalue weighted by Gasteiger charge is -2.27. The number of nitrogens with one attached hydrogen (secondary N) is 1. The molecule has 2 aromatic rings. The number of aromatic nitrogens is 2. The highest BCUT2D eigenvalue weighted by Gasteiger charge is 2.15. The number of hydrogen-bond acceptors (Lipinski definition) is 3. The summed E-state index contributed by atoms with van der Waals surface area (Å²) < 4.78 is 0. The Hall–Kier alpha value is -2.10. The van der Waals surface area contributed by atoms with Crippen LogP contribution in [0.4, 0.5) is 5.69 Å². The van der Waals surface area contributed by atoms with Gasteiger partial charge in [-0.05, 0) is 49.9 Å². The average Bonchev–Trinajstić information content (AvgIpc) is 2.47. The van der Waals surface area contributed by atoms with Gasteiger partial charge in [-0.1, -0.05) is 6.92 Å². The van der Waals surface area contributed by atoms with E-state index in [2.05, 4.69) is 34.0 Å². The Balaban J connectivity index is 2.07. The summed E-state index contributed by atoms with van der Waals surface area (Å²) in [5.74, 6) is 0.672. The monoisotopic (exact) mass is 283 g/mol. The molecule has 0 bridgehead atoms. The van der Waals surface area contributed by atoms with Crippen LogP contribution in [-0.4, -0.2) is 23.6 Å². The molecule has 0 radical (unpaired) electrons. The minimum atomic E-state index is -0.0187. The van der Waals surface area contributed by atoms with Crippen LogP contribution < -0.4 is 10.5 Å². The third-order valence-corrected chi connectivity index (χ3v) is 4.28. The van der Waals surface area contributed by atoms with Crippen molar-refractivity contribution in [2.24, 2.45) is 0 Å². The molecule has 1 N–H and O–H groups in total. The van der Waals surface area contributed by atoms with Crippen molar-refractivity contribution in [3.05, 3.63) is 45.4 Å². The average molecular weight is 283 g/mol. The van der Waals surface area contributed by atoms with Crippen LogP contribution in [0.25, 0.3) is 11.4 Å². The van der Waals surface area contributed by atoms with Crippen molar-refractivity contribution in [2.45, 2.75) is 33.1 Å². The second-order valence-corrected chi connectivity index (χ2v) is 5.70. The van der Waals surface area contributed by atoms with Gasteiger partial charge in [0, 0.05) is 36.1 Å². The molecule has 1 aromatic heterocycles. The molecule has 1 aliphatic heterocycles. The smallest absolute Gasteiger partial charge is 0.254 e. The van der Waals surface area contributed by atoms with Gasteiger partial charge in [0.1, 0.15) is 5.82 Å². The van der Waals surface area contributed by atoms with E-state index >= 15 is 0 Å². The Morgan fingerprint density at radius 3 is 2.90 bits per heavy atom. The van der Waals surface area contributed by atoms with E-state index in [4.69, 9.17) is 0 Å². The lowest BCUT2D eigenvalue weighted by atomic mass is 9.99. The van der Waals surface area contributed by atoms with Gasteiger partial charge in [0.25, 0.3) is 5.56 Å². The Bertz CT molecular complexity index is 733. The molecule has 1 aliphatic rings. The fourth-order valence-corrected chi connectivity index (χ4v) is 3.10. The van der Waals surface area contributed by atoms with Crippen LogP contribution in [0.5, 0.6) is 0 Å². The summed E-state index contributed by atoms with van der Waals surface area (Å²) in [5, 5.41) is 0. The second kappa shape index (κ2) is 5.35. The summed E-state index contributed by atoms with van der Waals surface area (Å²) in [6.45, 7) is 4.99. The Kier molecular flexibility index (Phi) is 3.53. The van der Waals surface area contributed by atoms with E-state index in [1.165, 1.54) is 17.7 Å². The van der Waals surface area contributed by atoms with Gasteiger partial charge in [-0.2, -0.15) is 0 Å². The first-order valence-corrected chi connectivity index (χ1v) is 7.54. The minimum absolute atomic E-state index is 0.0187. The summed E-state index contributed by atoms with van der Waals surface area (Å²) in [4.78, 5) is 21.9. The van der Waals surface area contributed by atoms with Crippen LogP contribution in [0.15, 0.2) is 23.0 Å². The minimum Gasteiger partial charge on any atom is -0.374 e. The first-order chi connectivity index (χ1) is 10.1. The van der Waals surface area contributed by atoms with Crippen LogP contribution in [-0.2, 0) is 12.8 Å². The topological polar surface area (TPSA) is 49.0 Å². The molecule has 110 valence electrons. The summed E-state index contributed by atoms with van der Waals surface area (Å²) in [5.41, 5.74) is 5.19. The molecule has 4 heteroatoms. The maximum Gasteiger partial charge on any atom is 0.254 e. The molecule has 1 aromatic carbocycles. The van der Waals surface area contributed by atoms with E-state index in [1.807, 2.05) is 19.9 Å². The quantitative estimate of drug-likeness (QED) is 0.922. The Morgan fingerprint density at radius 1 is 1.38 bits per heavy atom. The molecule has 3 rings (SSSR count). The molecule has 4 nitrogen and oxygen atoms in total. The van der Waals surface area contributed by atoms with E-state index in [0.717, 1.165) is 29.8 Å². The molecule has 0 fully saturated rings. The molecule has 21 heavy (non-hydrogen) atoms. The van der Waals surface area contributed by atoms with E-state index < -0.39 is 0 Å². The molecular weight excluding hydrogens is 262 g/mol. The summed E-state index contributed by atoms with van der Waals surface area (Å²) in [6, 6.07) is 6.34. The highest BCUT2D eigenvalue weighted by atomic mass is 16.1. The van der Waals surface area contributed by atoms with Gasteiger partial charge in [-0.25, -0.2) is 4.98 Å². The van der Waals surface area contributed by atoms with Gasteiger partial charge in [-0.15, -0.1) is 0 Å². The molecule has 2 heterocycles. The zero-order chi connectivity index (χ0) is 15.0. The fraction of sp³-hybridized carbons (Fsp3) is 0.412. The van der Waals surface area contributed by atoms with Crippen molar-refractivity contribution in [3.8, 4) is 11.4 Å². The first kappa shape index (κ1) is 13.9. The Labute approximate surface area is 124 Å². The van der Waals surface area contributed by atoms with E-state index in [9.17, 15) is 4.79 Å². The number of H-pyrrole nitrogens is 1. The van der Waals surface area contributed by atoms with Crippen LogP contribution in [0.2, 0.25) is 0 Å². The lowest BCUT2D eigenvalue weighted by molar-refractivity contribution is 0.744. The first-order valence-electron chi connectivity index (χ1n) is 7.54.